The second-order valence-electron chi connectivity index (χ2n) is 14.8. The van der Waals surface area contributed by atoms with Crippen LogP contribution >= 0.6 is 0 Å². The number of benzene rings is 2. The second kappa shape index (κ2) is 11.4. The first kappa shape index (κ1) is 31.7. The molecule has 2 aromatic carbocycles. The van der Waals surface area contributed by atoms with Crippen LogP contribution in [-0.4, -0.2) is 82.0 Å². The van der Waals surface area contributed by atoms with Gasteiger partial charge in [-0.1, -0.05) is 12.0 Å². The van der Waals surface area contributed by atoms with E-state index < -0.39 is 23.7 Å². The van der Waals surface area contributed by atoms with Crippen LogP contribution in [-0.2, 0) is 6.42 Å². The molecule has 4 atom stereocenters. The van der Waals surface area contributed by atoms with Crippen molar-refractivity contribution >= 4 is 27.5 Å². The highest BCUT2D eigenvalue weighted by atomic mass is 19.4. The van der Waals surface area contributed by atoms with Gasteiger partial charge in [0.2, 0.25) is 0 Å². The molecule has 0 amide bonds. The van der Waals surface area contributed by atoms with Gasteiger partial charge in [0.05, 0.1) is 29.2 Å². The first-order valence-corrected chi connectivity index (χ1v) is 17.3. The molecule has 0 radical (unpaired) electrons. The normalized spacial score (nSPS) is 25.5. The largest absolute Gasteiger partial charge is 0.508 e. The van der Waals surface area contributed by atoms with E-state index in [2.05, 4.69) is 21.1 Å². The highest BCUT2D eigenvalue weighted by molar-refractivity contribution is 6.03. The molecule has 3 saturated heterocycles. The van der Waals surface area contributed by atoms with Gasteiger partial charge in [0.15, 0.2) is 5.82 Å². The number of aryl methyl sites for hydroxylation is 1. The van der Waals surface area contributed by atoms with E-state index >= 15 is 4.39 Å². The van der Waals surface area contributed by atoms with Gasteiger partial charge in [0, 0.05) is 54.1 Å². The lowest BCUT2D eigenvalue weighted by Gasteiger charge is -2.41. The van der Waals surface area contributed by atoms with Crippen LogP contribution < -0.4 is 15.0 Å². The predicted molar refractivity (Wildman–Crippen MR) is 177 cm³/mol. The number of hydrogen-bond acceptors (Lipinski definition) is 8. The summed E-state index contributed by atoms with van der Waals surface area (Å²) in [6.45, 7) is 1.71. The van der Waals surface area contributed by atoms with Crippen molar-refractivity contribution in [2.75, 3.05) is 37.7 Å². The summed E-state index contributed by atoms with van der Waals surface area (Å²) in [5.41, 5.74) is 0.234. The summed E-state index contributed by atoms with van der Waals surface area (Å²) in [5.74, 6) is 0.0357. The molecule has 5 aliphatic rings. The van der Waals surface area contributed by atoms with E-state index in [1.165, 1.54) is 24.3 Å². The van der Waals surface area contributed by atoms with Crippen molar-refractivity contribution in [3.8, 4) is 35.4 Å². The lowest BCUT2D eigenvalue weighted by molar-refractivity contribution is -0.170. The van der Waals surface area contributed by atoms with Gasteiger partial charge in [-0.25, -0.2) is 13.8 Å². The number of aromatic nitrogens is 3. The summed E-state index contributed by atoms with van der Waals surface area (Å²) in [6.07, 6.45) is 6.50. The molecule has 13 heteroatoms. The average Bonchev–Trinajstić information content (AvgIpc) is 3.54. The van der Waals surface area contributed by atoms with Crippen molar-refractivity contribution < 1.29 is 31.8 Å². The quantitative estimate of drug-likeness (QED) is 0.185. The number of phenolic OH excluding ortho intramolecular Hbond substituents is 1. The Kier molecular flexibility index (Phi) is 7.20. The number of hydrogen-bond donors (Lipinski definition) is 2. The van der Waals surface area contributed by atoms with Crippen LogP contribution in [0.4, 0.5) is 27.8 Å². The average molecular weight is 691 g/mol. The number of likely N-dealkylation sites (tertiary alicyclic amines) is 1. The number of fused-ring (bicyclic) bond motifs is 6. The molecule has 6 heterocycles. The highest BCUT2D eigenvalue weighted by Crippen LogP contribution is 2.49. The number of alkyl halides is 3. The molecule has 4 aromatic rings. The van der Waals surface area contributed by atoms with E-state index in [0.29, 0.717) is 48.3 Å². The molecule has 1 aliphatic carbocycles. The van der Waals surface area contributed by atoms with Crippen LogP contribution in [0.1, 0.15) is 49.8 Å². The SMILES string of the molecule is C#Cc1c(F)ccc2cc(O)cc(-c3nc4c5c(nc(OCC6(CN7CC[C@@H](C(F)(F)F)C7)CC6)nc5c3F)N3C[C@H]5CC[C@H](N5)[C@H]3CC4)c12. The number of phenols is 1. The van der Waals surface area contributed by atoms with Gasteiger partial charge < -0.3 is 25.0 Å². The van der Waals surface area contributed by atoms with Crippen molar-refractivity contribution in [2.24, 2.45) is 11.3 Å². The molecule has 4 aliphatic heterocycles. The summed E-state index contributed by atoms with van der Waals surface area (Å²) in [7, 11) is 0. The molecular formula is C37H35F5N6O2. The summed E-state index contributed by atoms with van der Waals surface area (Å²) in [4.78, 5) is 18.5. The van der Waals surface area contributed by atoms with Gasteiger partial charge in [-0.2, -0.15) is 23.1 Å². The molecule has 1 saturated carbocycles. The summed E-state index contributed by atoms with van der Waals surface area (Å²) >= 11 is 0. The zero-order chi connectivity index (χ0) is 34.5. The topological polar surface area (TPSA) is 86.6 Å². The number of nitrogens with one attached hydrogen (secondary N) is 1. The third-order valence-corrected chi connectivity index (χ3v) is 11.5. The Morgan fingerprint density at radius 2 is 1.88 bits per heavy atom. The van der Waals surface area contributed by atoms with Crippen LogP contribution in [0.15, 0.2) is 24.3 Å². The number of aromatic hydroxyl groups is 1. The molecule has 0 unspecified atom stereocenters. The fourth-order valence-corrected chi connectivity index (χ4v) is 8.82. The lowest BCUT2D eigenvalue weighted by Crippen LogP contribution is -2.58. The number of rotatable bonds is 6. The van der Waals surface area contributed by atoms with E-state index in [0.717, 1.165) is 32.1 Å². The Labute approximate surface area is 285 Å². The zero-order valence-electron chi connectivity index (χ0n) is 27.2. The third kappa shape index (κ3) is 5.21. The van der Waals surface area contributed by atoms with E-state index in [1.807, 2.05) is 4.90 Å². The van der Waals surface area contributed by atoms with E-state index in [-0.39, 0.29) is 82.6 Å². The van der Waals surface area contributed by atoms with Gasteiger partial charge in [-0.05, 0) is 75.1 Å². The van der Waals surface area contributed by atoms with Crippen LogP contribution in [0.2, 0.25) is 0 Å². The third-order valence-electron chi connectivity index (χ3n) is 11.5. The molecule has 50 heavy (non-hydrogen) atoms. The molecule has 0 spiro atoms. The smallest absolute Gasteiger partial charge is 0.393 e. The van der Waals surface area contributed by atoms with Crippen molar-refractivity contribution in [1.29, 1.82) is 0 Å². The molecule has 2 bridgehead atoms. The Balaban J connectivity index is 1.14. The molecule has 9 rings (SSSR count). The molecule has 8 nitrogen and oxygen atoms in total. The number of anilines is 1. The summed E-state index contributed by atoms with van der Waals surface area (Å²) in [6, 6.07) is 6.03. The highest BCUT2D eigenvalue weighted by Gasteiger charge is 2.49. The van der Waals surface area contributed by atoms with Gasteiger partial charge in [-0.15, -0.1) is 6.42 Å². The van der Waals surface area contributed by atoms with Crippen molar-refractivity contribution in [3.63, 3.8) is 0 Å². The van der Waals surface area contributed by atoms with E-state index in [1.54, 1.807) is 0 Å². The van der Waals surface area contributed by atoms with Crippen molar-refractivity contribution in [3.05, 3.63) is 47.2 Å². The molecule has 2 N–H and O–H groups in total. The number of halogens is 5. The molecular weight excluding hydrogens is 655 g/mol. The van der Waals surface area contributed by atoms with Gasteiger partial charge in [0.25, 0.3) is 0 Å². The number of piperazine rings is 1. The first-order valence-electron chi connectivity index (χ1n) is 17.3. The second-order valence-corrected chi connectivity index (χ2v) is 14.8. The Morgan fingerprint density at radius 1 is 1.04 bits per heavy atom. The first-order chi connectivity index (χ1) is 24.0. The Bertz CT molecular complexity index is 2100. The fraction of sp³-hybridized carbons (Fsp3) is 0.486. The monoisotopic (exact) mass is 690 g/mol. The van der Waals surface area contributed by atoms with Crippen molar-refractivity contribution in [1.82, 2.24) is 25.2 Å². The minimum Gasteiger partial charge on any atom is -0.508 e. The van der Waals surface area contributed by atoms with Crippen LogP contribution in [0.3, 0.4) is 0 Å². The number of pyridine rings is 1. The lowest BCUT2D eigenvalue weighted by atomic mass is 9.95. The minimum atomic E-state index is -4.21. The fourth-order valence-electron chi connectivity index (χ4n) is 8.82. The van der Waals surface area contributed by atoms with E-state index in [9.17, 15) is 22.7 Å². The number of nitrogens with zero attached hydrogens (tertiary/aromatic N) is 5. The summed E-state index contributed by atoms with van der Waals surface area (Å²) < 4.78 is 78.4. The van der Waals surface area contributed by atoms with Crippen LogP contribution in [0.5, 0.6) is 11.8 Å². The van der Waals surface area contributed by atoms with Gasteiger partial charge >= 0.3 is 12.2 Å². The Morgan fingerprint density at radius 3 is 2.64 bits per heavy atom. The minimum absolute atomic E-state index is 0.00379. The number of ether oxygens (including phenoxy) is 1. The maximum absolute atomic E-state index is 17.1. The molecule has 4 fully saturated rings. The van der Waals surface area contributed by atoms with Crippen LogP contribution in [0.25, 0.3) is 32.9 Å². The standard InChI is InChI=1S/C37H35F5N6O2/c1-2-23-25(38)5-3-19-13-22(49)14-24(29(19)23)32-31(39)33-30-27(44-32)7-8-28-26-6-4-21(43-26)16-48(28)34(30)46-35(45-33)50-18-36(10-11-36)17-47-12-9-20(15-47)37(40,41)42/h1,3,5,13-14,20-21,26,28,43,49H,4,6-12,15-18H2/t20-,21-,26+,28-/m1/s1. The van der Waals surface area contributed by atoms with Gasteiger partial charge in [-0.3, -0.25) is 0 Å². The molecule has 260 valence electrons. The van der Waals surface area contributed by atoms with Crippen LogP contribution in [0, 0.1) is 35.3 Å². The van der Waals surface area contributed by atoms with E-state index in [4.69, 9.17) is 21.1 Å². The Hall–Kier alpha value is -4.28. The maximum atomic E-state index is 17.1. The van der Waals surface area contributed by atoms with Crippen molar-refractivity contribution in [2.45, 2.75) is 69.2 Å². The maximum Gasteiger partial charge on any atom is 0.393 e. The molecule has 2 aromatic heterocycles. The summed E-state index contributed by atoms with van der Waals surface area (Å²) in [5, 5.41) is 15.6. The zero-order valence-corrected chi connectivity index (χ0v) is 27.2. The predicted octanol–water partition coefficient (Wildman–Crippen LogP) is 6.11. The number of terminal acetylenes is 1. The van der Waals surface area contributed by atoms with Gasteiger partial charge in [0.1, 0.15) is 28.6 Å².